The Morgan fingerprint density at radius 1 is 0.429 bits per heavy atom. The molecule has 6 bridgehead atoms. The van der Waals surface area contributed by atoms with Crippen LogP contribution in [-0.4, -0.2) is 84.8 Å². The second kappa shape index (κ2) is 15.2. The summed E-state index contributed by atoms with van der Waals surface area (Å²) in [6, 6.07) is 0. The topological polar surface area (TPSA) is 138 Å². The first kappa shape index (κ1) is 43.7. The Morgan fingerprint density at radius 3 is 1.16 bits per heavy atom. The molecule has 0 aromatic rings. The standard InChI is InChI=1S/C48H74O15/c1-24-10-13-33-27(4)37(52-40-46(33)30(24)16-20-43(7,55-40)58-61-46)49-23-19-36(50-38-28(5)34-14-11-25(2)31-17-21-44(8)56-41(53-38)47(31,34)62-59-44)51-39-29(6)35-15-12-26(3)32-18-22-45(9)57-42(54-39)48(32,35)63-60-45/h24-42H,10-23H2,1-9H3/t24-,25-,26-,27-,28-,29-,30+,31+,32+,33+,34+,35+,36?,37?,38?,39?,40-,41-,42-,43+,44+,45+,46-,47-,48-/m1/s1. The predicted molar refractivity (Wildman–Crippen MR) is 217 cm³/mol. The zero-order valence-electron chi connectivity index (χ0n) is 39.0. The van der Waals surface area contributed by atoms with Crippen molar-refractivity contribution >= 4 is 0 Å². The Hall–Kier alpha value is -0.600. The Labute approximate surface area is 372 Å². The summed E-state index contributed by atoms with van der Waals surface area (Å²) in [6.07, 6.45) is 7.24. The Bertz CT molecular complexity index is 1660. The molecule has 15 aliphatic rings. The Kier molecular flexibility index (Phi) is 10.5. The lowest BCUT2D eigenvalue weighted by Crippen LogP contribution is -2.71. The molecule has 12 aliphatic heterocycles. The van der Waals surface area contributed by atoms with Gasteiger partial charge in [-0.2, -0.15) is 0 Å². The molecule has 12 heterocycles. The van der Waals surface area contributed by atoms with E-state index in [0.717, 1.165) is 77.0 Å². The van der Waals surface area contributed by atoms with Crippen LogP contribution in [0, 0.1) is 71.0 Å². The molecular formula is C48H74O15. The van der Waals surface area contributed by atoms with Crippen molar-refractivity contribution in [1.82, 2.24) is 0 Å². The van der Waals surface area contributed by atoms with Crippen molar-refractivity contribution < 1.29 is 72.0 Å². The summed E-state index contributed by atoms with van der Waals surface area (Å²) in [5, 5.41) is 0. The maximum Gasteiger partial charge on any atom is 0.201 e. The summed E-state index contributed by atoms with van der Waals surface area (Å²) < 4.78 is 62.0. The maximum atomic E-state index is 7.13. The number of hydrogen-bond acceptors (Lipinski definition) is 15. The maximum absolute atomic E-state index is 7.13. The highest BCUT2D eigenvalue weighted by Gasteiger charge is 2.73. The van der Waals surface area contributed by atoms with Gasteiger partial charge in [-0.05, 0) is 114 Å². The van der Waals surface area contributed by atoms with Crippen LogP contribution in [0.3, 0.4) is 0 Å². The van der Waals surface area contributed by atoms with E-state index >= 15 is 0 Å². The van der Waals surface area contributed by atoms with Crippen LogP contribution in [0.5, 0.6) is 0 Å². The summed E-state index contributed by atoms with van der Waals surface area (Å²) in [5.74, 6) is -0.252. The SMILES string of the molecule is C[C@@H]1CC[C@H]2[C@@H](C)C(OCCC(OC3O[C@@H]4O[C@]5(C)CC[C@H]6[C@H](C)CC[C@@H]([C@H]3C)[C@@]46OO5)OC3O[C@@H]4O[C@]5(C)CC[C@H]6[C@H](C)CC[C@@H]([C@H]3C)[C@@]46OO5)O[C@@H]3O[C@]4(C)CC[C@@H]1[C@]32OO4. The van der Waals surface area contributed by atoms with Crippen molar-refractivity contribution in [3.8, 4) is 0 Å². The minimum Gasteiger partial charge on any atom is -0.352 e. The molecule has 0 aromatic heterocycles. The van der Waals surface area contributed by atoms with Gasteiger partial charge in [0.05, 0.1) is 6.61 Å². The van der Waals surface area contributed by atoms with Crippen LogP contribution in [0.25, 0.3) is 0 Å². The summed E-state index contributed by atoms with van der Waals surface area (Å²) in [7, 11) is 0. The van der Waals surface area contributed by atoms with Gasteiger partial charge in [-0.1, -0.05) is 41.5 Å². The lowest BCUT2D eigenvalue weighted by molar-refractivity contribution is -0.583. The second-order valence-electron chi connectivity index (χ2n) is 23.2. The lowest BCUT2D eigenvalue weighted by Gasteiger charge is -2.61. The number of fused-ring (bicyclic) bond motifs is 6. The first-order chi connectivity index (χ1) is 30.1. The van der Waals surface area contributed by atoms with Gasteiger partial charge < -0.3 is 42.6 Å². The number of hydrogen-bond donors (Lipinski definition) is 0. The van der Waals surface area contributed by atoms with Gasteiger partial charge in [-0.25, -0.2) is 29.3 Å². The average Bonchev–Trinajstić information content (AvgIpc) is 3.73. The van der Waals surface area contributed by atoms with Crippen LogP contribution in [0.2, 0.25) is 0 Å². The van der Waals surface area contributed by atoms with Crippen molar-refractivity contribution in [3.63, 3.8) is 0 Å². The first-order valence-corrected chi connectivity index (χ1v) is 25.1. The van der Waals surface area contributed by atoms with Crippen LogP contribution < -0.4 is 0 Å². The highest BCUT2D eigenvalue weighted by molar-refractivity contribution is 5.12. The fourth-order valence-corrected chi connectivity index (χ4v) is 15.9. The van der Waals surface area contributed by atoms with E-state index in [-0.39, 0.29) is 53.3 Å². The van der Waals surface area contributed by atoms with Gasteiger partial charge in [0.25, 0.3) is 0 Å². The minimum atomic E-state index is -0.898. The second-order valence-corrected chi connectivity index (χ2v) is 23.2. The molecule has 15 fully saturated rings. The average molecular weight is 891 g/mol. The summed E-state index contributed by atoms with van der Waals surface area (Å²) in [6.45, 7) is 19.8. The molecule has 356 valence electrons. The van der Waals surface area contributed by atoms with Crippen molar-refractivity contribution in [2.24, 2.45) is 71.0 Å². The van der Waals surface area contributed by atoms with E-state index < -0.39 is 78.2 Å². The summed E-state index contributed by atoms with van der Waals surface area (Å²) in [4.78, 5) is 37.7. The van der Waals surface area contributed by atoms with Crippen LogP contribution in [-0.2, 0) is 72.0 Å². The normalized spacial score (nSPS) is 60.5. The molecule has 0 radical (unpaired) electrons. The van der Waals surface area contributed by atoms with Crippen molar-refractivity contribution in [2.75, 3.05) is 6.61 Å². The van der Waals surface area contributed by atoms with Gasteiger partial charge in [-0.3, -0.25) is 0 Å². The van der Waals surface area contributed by atoms with E-state index in [4.69, 9.17) is 72.0 Å². The molecule has 3 spiro atoms. The minimum absolute atomic E-state index is 0.0306. The third kappa shape index (κ3) is 6.37. The molecule has 3 unspecified atom stereocenters. The fourth-order valence-electron chi connectivity index (χ4n) is 15.9. The van der Waals surface area contributed by atoms with Gasteiger partial charge >= 0.3 is 0 Å². The molecule has 0 amide bonds. The molecule has 0 aromatic carbocycles. The van der Waals surface area contributed by atoms with Crippen LogP contribution in [0.4, 0.5) is 0 Å². The summed E-state index contributed by atoms with van der Waals surface area (Å²) in [5.41, 5.74) is -2.09. The molecule has 0 N–H and O–H groups in total. The molecular weight excluding hydrogens is 817 g/mol. The molecule has 15 rings (SSSR count). The quantitative estimate of drug-likeness (QED) is 0.170. The zero-order chi connectivity index (χ0) is 43.5. The monoisotopic (exact) mass is 891 g/mol. The first-order valence-electron chi connectivity index (χ1n) is 25.1. The van der Waals surface area contributed by atoms with Crippen molar-refractivity contribution in [2.45, 2.75) is 224 Å². The molecule has 15 nitrogen and oxygen atoms in total. The highest BCUT2D eigenvalue weighted by atomic mass is 17.3. The summed E-state index contributed by atoms with van der Waals surface area (Å²) >= 11 is 0. The lowest BCUT2D eigenvalue weighted by atomic mass is 9.58. The van der Waals surface area contributed by atoms with Gasteiger partial charge in [0.1, 0.15) is 0 Å². The Morgan fingerprint density at radius 2 is 0.778 bits per heavy atom. The zero-order valence-corrected chi connectivity index (χ0v) is 39.0. The largest absolute Gasteiger partial charge is 0.352 e. The van der Waals surface area contributed by atoms with Crippen molar-refractivity contribution in [3.05, 3.63) is 0 Å². The van der Waals surface area contributed by atoms with Crippen LogP contribution in [0.15, 0.2) is 0 Å². The van der Waals surface area contributed by atoms with E-state index in [9.17, 15) is 0 Å². The smallest absolute Gasteiger partial charge is 0.201 e. The molecule has 3 aliphatic carbocycles. The molecule has 24 atom stereocenters. The van der Waals surface area contributed by atoms with E-state index in [0.29, 0.717) is 30.8 Å². The van der Waals surface area contributed by atoms with E-state index in [1.807, 2.05) is 20.8 Å². The number of ether oxygens (including phenoxy) is 9. The molecule has 15 heteroatoms. The molecule has 12 saturated heterocycles. The van der Waals surface area contributed by atoms with E-state index in [1.54, 1.807) is 0 Å². The third-order valence-electron chi connectivity index (χ3n) is 19.5. The van der Waals surface area contributed by atoms with E-state index in [2.05, 4.69) is 41.5 Å². The van der Waals surface area contributed by atoms with Gasteiger partial charge in [0, 0.05) is 61.2 Å². The van der Waals surface area contributed by atoms with E-state index in [1.165, 1.54) is 0 Å². The number of rotatable bonds is 8. The van der Waals surface area contributed by atoms with Gasteiger partial charge in [0.2, 0.25) is 17.4 Å². The predicted octanol–water partition coefficient (Wildman–Crippen LogP) is 8.38. The third-order valence-corrected chi connectivity index (χ3v) is 19.5. The molecule has 63 heavy (non-hydrogen) atoms. The van der Waals surface area contributed by atoms with Crippen LogP contribution >= 0.6 is 0 Å². The Balaban J connectivity index is 0.817. The van der Waals surface area contributed by atoms with Gasteiger partial charge in [0.15, 0.2) is 60.8 Å². The van der Waals surface area contributed by atoms with Crippen LogP contribution in [0.1, 0.15) is 146 Å². The highest BCUT2D eigenvalue weighted by Crippen LogP contribution is 2.64. The van der Waals surface area contributed by atoms with Gasteiger partial charge in [-0.15, -0.1) is 0 Å². The van der Waals surface area contributed by atoms with Crippen molar-refractivity contribution in [1.29, 1.82) is 0 Å². The molecule has 3 saturated carbocycles. The fraction of sp³-hybridized carbons (Fsp3) is 1.00.